The van der Waals surface area contributed by atoms with Gasteiger partial charge in [-0.25, -0.2) is 4.31 Å². The van der Waals surface area contributed by atoms with Crippen LogP contribution in [0.15, 0.2) is 0 Å². The molecule has 1 saturated heterocycles. The Hall–Kier alpha value is -1.37. The minimum atomic E-state index is -2.09. The van der Waals surface area contributed by atoms with Crippen molar-refractivity contribution < 1.29 is 23.4 Å². The van der Waals surface area contributed by atoms with Gasteiger partial charge in [0.25, 0.3) is 0 Å². The minimum absolute atomic E-state index is 0.0756. The van der Waals surface area contributed by atoms with E-state index in [0.29, 0.717) is 0 Å². The molecule has 1 aliphatic rings. The molecule has 1 aliphatic heterocycles. The van der Waals surface area contributed by atoms with Gasteiger partial charge in [0.05, 0.1) is 0 Å². The fraction of sp³-hybridized carbons (Fsp3) is 0.500. The van der Waals surface area contributed by atoms with Crippen LogP contribution in [-0.2, 0) is 23.4 Å². The van der Waals surface area contributed by atoms with Crippen molar-refractivity contribution in [3.8, 4) is 0 Å². The zero-order valence-corrected chi connectivity index (χ0v) is 9.24. The average Bonchev–Trinajstić information content (AvgIpc) is 2.42. The SMILES string of the molecule is CC(=O)O[SH](C(C)=O)N1C(=O)CCC1=O. The molecule has 1 unspecified atom stereocenters. The summed E-state index contributed by atoms with van der Waals surface area (Å²) in [6.45, 7) is 2.32. The molecule has 6 nitrogen and oxygen atoms in total. The number of imide groups is 1. The van der Waals surface area contributed by atoms with Gasteiger partial charge in [-0.15, -0.1) is 0 Å². The minimum Gasteiger partial charge on any atom is -0.392 e. The van der Waals surface area contributed by atoms with E-state index in [4.69, 9.17) is 4.18 Å². The maximum Gasteiger partial charge on any atom is 0.314 e. The fourth-order valence-corrected chi connectivity index (χ4v) is 2.48. The van der Waals surface area contributed by atoms with E-state index in [1.54, 1.807) is 0 Å². The van der Waals surface area contributed by atoms with Crippen molar-refractivity contribution in [3.05, 3.63) is 0 Å². The monoisotopic (exact) mass is 233 g/mol. The quantitative estimate of drug-likeness (QED) is 0.512. The Morgan fingerprint density at radius 1 is 1.20 bits per heavy atom. The number of thiol groups is 1. The van der Waals surface area contributed by atoms with Crippen LogP contribution in [0.25, 0.3) is 0 Å². The molecular weight excluding hydrogens is 222 g/mol. The van der Waals surface area contributed by atoms with E-state index in [-0.39, 0.29) is 12.8 Å². The number of hydrogen-bond acceptors (Lipinski definition) is 5. The lowest BCUT2D eigenvalue weighted by atomic mass is 10.4. The van der Waals surface area contributed by atoms with Gasteiger partial charge in [0.2, 0.25) is 16.9 Å². The summed E-state index contributed by atoms with van der Waals surface area (Å²) in [6, 6.07) is 0. The van der Waals surface area contributed by atoms with Crippen molar-refractivity contribution >= 4 is 34.3 Å². The molecule has 1 atom stereocenters. The third kappa shape index (κ3) is 2.56. The molecule has 0 aliphatic carbocycles. The van der Waals surface area contributed by atoms with Gasteiger partial charge in [-0.05, 0) is 0 Å². The highest BCUT2D eigenvalue weighted by Gasteiger charge is 2.37. The summed E-state index contributed by atoms with van der Waals surface area (Å²) in [6.07, 6.45) is 0.151. The molecule has 0 bridgehead atoms. The largest absolute Gasteiger partial charge is 0.392 e. The van der Waals surface area contributed by atoms with Crippen LogP contribution in [0.3, 0.4) is 0 Å². The van der Waals surface area contributed by atoms with Crippen LogP contribution in [0, 0.1) is 0 Å². The van der Waals surface area contributed by atoms with E-state index in [9.17, 15) is 19.2 Å². The first-order valence-electron chi connectivity index (χ1n) is 4.28. The number of nitrogens with zero attached hydrogens (tertiary/aromatic N) is 1. The molecule has 0 spiro atoms. The first-order valence-corrected chi connectivity index (χ1v) is 5.49. The van der Waals surface area contributed by atoms with Crippen LogP contribution in [0.1, 0.15) is 26.7 Å². The summed E-state index contributed by atoms with van der Waals surface area (Å²) < 4.78 is 5.47. The van der Waals surface area contributed by atoms with E-state index in [1.807, 2.05) is 0 Å². The molecule has 1 rings (SSSR count). The van der Waals surface area contributed by atoms with Gasteiger partial charge in [0.1, 0.15) is 0 Å². The predicted octanol–water partition coefficient (Wildman–Crippen LogP) is 0.0762. The number of carbonyl (C=O) groups is 4. The Morgan fingerprint density at radius 2 is 1.67 bits per heavy atom. The summed E-state index contributed by atoms with van der Waals surface area (Å²) in [4.78, 5) is 44.5. The van der Waals surface area contributed by atoms with Crippen LogP contribution >= 0.6 is 11.4 Å². The van der Waals surface area contributed by atoms with Gasteiger partial charge in [-0.2, -0.15) is 0 Å². The van der Waals surface area contributed by atoms with Gasteiger partial charge in [0.15, 0.2) is 0 Å². The Morgan fingerprint density at radius 3 is 2.00 bits per heavy atom. The lowest BCUT2D eigenvalue weighted by Crippen LogP contribution is -2.30. The van der Waals surface area contributed by atoms with Crippen LogP contribution in [-0.4, -0.2) is 27.2 Å². The molecule has 1 fully saturated rings. The second-order valence-corrected chi connectivity index (χ2v) is 4.73. The molecule has 1 heterocycles. The highest BCUT2D eigenvalue weighted by atomic mass is 32.2. The highest BCUT2D eigenvalue weighted by molar-refractivity contribution is 8.25. The second kappa shape index (κ2) is 4.43. The summed E-state index contributed by atoms with van der Waals surface area (Å²) >= 11 is -2.09. The Kier molecular flexibility index (Phi) is 3.46. The molecule has 7 heteroatoms. The smallest absolute Gasteiger partial charge is 0.314 e. The molecule has 0 saturated carbocycles. The first kappa shape index (κ1) is 11.7. The van der Waals surface area contributed by atoms with Gasteiger partial charge < -0.3 is 4.18 Å². The third-order valence-electron chi connectivity index (χ3n) is 1.69. The molecule has 0 aromatic heterocycles. The molecule has 0 radical (unpaired) electrons. The van der Waals surface area contributed by atoms with E-state index < -0.39 is 34.3 Å². The van der Waals surface area contributed by atoms with E-state index in [0.717, 1.165) is 11.2 Å². The fourth-order valence-electron chi connectivity index (χ4n) is 1.14. The Bertz CT molecular complexity index is 324. The predicted molar refractivity (Wildman–Crippen MR) is 52.5 cm³/mol. The lowest BCUT2D eigenvalue weighted by molar-refractivity contribution is -0.134. The van der Waals surface area contributed by atoms with Crippen molar-refractivity contribution in [2.45, 2.75) is 26.7 Å². The number of amides is 2. The third-order valence-corrected chi connectivity index (χ3v) is 3.47. The molecule has 0 aromatic rings. The van der Waals surface area contributed by atoms with Crippen molar-refractivity contribution in [2.24, 2.45) is 0 Å². The Balaban J connectivity index is 2.88. The van der Waals surface area contributed by atoms with E-state index in [2.05, 4.69) is 0 Å². The van der Waals surface area contributed by atoms with Crippen molar-refractivity contribution in [2.75, 3.05) is 0 Å². The van der Waals surface area contributed by atoms with Crippen molar-refractivity contribution in [3.63, 3.8) is 0 Å². The summed E-state index contributed by atoms with van der Waals surface area (Å²) in [7, 11) is 0. The highest BCUT2D eigenvalue weighted by Crippen LogP contribution is 2.37. The zero-order valence-electron chi connectivity index (χ0n) is 8.35. The van der Waals surface area contributed by atoms with Crippen LogP contribution < -0.4 is 0 Å². The maximum atomic E-state index is 11.3. The van der Waals surface area contributed by atoms with Gasteiger partial charge >= 0.3 is 5.97 Å². The number of carbonyl (C=O) groups excluding carboxylic acids is 4. The summed E-state index contributed by atoms with van der Waals surface area (Å²) in [5, 5.41) is -0.483. The van der Waals surface area contributed by atoms with Gasteiger partial charge in [0, 0.05) is 38.1 Å². The van der Waals surface area contributed by atoms with Crippen molar-refractivity contribution in [1.29, 1.82) is 0 Å². The topological polar surface area (TPSA) is 80.8 Å². The first-order chi connectivity index (χ1) is 6.93. The molecule has 15 heavy (non-hydrogen) atoms. The van der Waals surface area contributed by atoms with E-state index in [1.165, 1.54) is 6.92 Å². The standard InChI is InChI=1S/C8H11NO5S/c1-5(10)14-15(6(2)11)9-7(12)3-4-8(9)13/h15H,3-4H2,1-2H3. The van der Waals surface area contributed by atoms with Gasteiger partial charge in [-0.1, -0.05) is 0 Å². The van der Waals surface area contributed by atoms with Gasteiger partial charge in [-0.3, -0.25) is 19.2 Å². The molecule has 2 amide bonds. The van der Waals surface area contributed by atoms with E-state index >= 15 is 0 Å². The zero-order chi connectivity index (χ0) is 11.6. The summed E-state index contributed by atoms with van der Waals surface area (Å²) in [5.41, 5.74) is 0. The number of rotatable bonds is 1. The normalized spacial score (nSPS) is 19.1. The van der Waals surface area contributed by atoms with Crippen LogP contribution in [0.2, 0.25) is 0 Å². The average molecular weight is 233 g/mol. The maximum absolute atomic E-state index is 11.3. The second-order valence-electron chi connectivity index (χ2n) is 2.97. The molecular formula is C8H11NO5S. The molecule has 84 valence electrons. The molecule has 0 N–H and O–H groups in total. The Labute approximate surface area is 89.2 Å². The van der Waals surface area contributed by atoms with Crippen molar-refractivity contribution in [1.82, 2.24) is 4.31 Å². The summed E-state index contributed by atoms with van der Waals surface area (Å²) in [5.74, 6) is -1.59. The molecule has 0 aromatic carbocycles. The van der Waals surface area contributed by atoms with Crippen LogP contribution in [0.5, 0.6) is 0 Å². The number of hydrogen-bond donors (Lipinski definition) is 1. The lowest BCUT2D eigenvalue weighted by Gasteiger charge is -2.25. The van der Waals surface area contributed by atoms with Crippen LogP contribution in [0.4, 0.5) is 0 Å².